The molecule has 0 radical (unpaired) electrons. The third-order valence-corrected chi connectivity index (χ3v) is 3.45. The van der Waals surface area contributed by atoms with Crippen LogP contribution in [-0.2, 0) is 6.61 Å². The maximum Gasteiger partial charge on any atom is 0.142 e. The van der Waals surface area contributed by atoms with Gasteiger partial charge in [0.25, 0.3) is 0 Å². The van der Waals surface area contributed by atoms with Gasteiger partial charge in [0.15, 0.2) is 0 Å². The molecule has 1 aliphatic heterocycles. The van der Waals surface area contributed by atoms with Crippen molar-refractivity contribution in [2.45, 2.75) is 25.9 Å². The molecular weight excluding hydrogens is 230 g/mol. The van der Waals surface area contributed by atoms with E-state index < -0.39 is 0 Å². The van der Waals surface area contributed by atoms with Gasteiger partial charge < -0.3 is 19.5 Å². The van der Waals surface area contributed by atoms with E-state index in [1.54, 1.807) is 14.2 Å². The molecule has 100 valence electrons. The lowest BCUT2D eigenvalue weighted by atomic mass is 10.1. The maximum atomic E-state index is 9.32. The highest BCUT2D eigenvalue weighted by Gasteiger charge is 2.18. The van der Waals surface area contributed by atoms with Crippen molar-refractivity contribution in [3.8, 4) is 11.5 Å². The third kappa shape index (κ3) is 2.53. The lowest BCUT2D eigenvalue weighted by Gasteiger charge is -2.30. The Morgan fingerprint density at radius 2 is 1.72 bits per heavy atom. The molecule has 1 N–H and O–H groups in total. The van der Waals surface area contributed by atoms with E-state index in [1.807, 2.05) is 12.1 Å². The quantitative estimate of drug-likeness (QED) is 0.890. The molecule has 1 heterocycles. The molecule has 1 aliphatic rings. The Morgan fingerprint density at radius 1 is 1.06 bits per heavy atom. The van der Waals surface area contributed by atoms with E-state index in [0.717, 1.165) is 35.8 Å². The first-order chi connectivity index (χ1) is 8.80. The zero-order valence-electron chi connectivity index (χ0n) is 11.1. The van der Waals surface area contributed by atoms with Crippen molar-refractivity contribution in [1.29, 1.82) is 0 Å². The molecule has 1 fully saturated rings. The van der Waals surface area contributed by atoms with Gasteiger partial charge in [-0.2, -0.15) is 0 Å². The van der Waals surface area contributed by atoms with Crippen LogP contribution in [0.15, 0.2) is 12.1 Å². The Morgan fingerprint density at radius 3 is 2.28 bits per heavy atom. The van der Waals surface area contributed by atoms with Gasteiger partial charge in [-0.25, -0.2) is 0 Å². The van der Waals surface area contributed by atoms with E-state index in [4.69, 9.17) is 9.47 Å². The summed E-state index contributed by atoms with van der Waals surface area (Å²) in [4.78, 5) is 2.33. The lowest BCUT2D eigenvalue weighted by molar-refractivity contribution is 0.272. The fourth-order valence-corrected chi connectivity index (χ4v) is 2.45. The Bertz CT molecular complexity index is 400. The highest BCUT2D eigenvalue weighted by molar-refractivity contribution is 5.64. The fourth-order valence-electron chi connectivity index (χ4n) is 2.45. The number of aliphatic hydroxyl groups is 1. The molecule has 0 aliphatic carbocycles. The fraction of sp³-hybridized carbons (Fsp3) is 0.571. The first-order valence-corrected chi connectivity index (χ1v) is 6.41. The molecule has 0 aromatic heterocycles. The summed E-state index contributed by atoms with van der Waals surface area (Å²) in [6, 6.07) is 3.83. The molecule has 0 bridgehead atoms. The van der Waals surface area contributed by atoms with Crippen molar-refractivity contribution in [2.24, 2.45) is 0 Å². The number of aliphatic hydroxyl groups excluding tert-OH is 1. The van der Waals surface area contributed by atoms with Crippen LogP contribution in [0, 0.1) is 0 Å². The third-order valence-electron chi connectivity index (χ3n) is 3.45. The number of anilines is 1. The minimum atomic E-state index is -0.0419. The van der Waals surface area contributed by atoms with Crippen molar-refractivity contribution in [2.75, 3.05) is 32.2 Å². The minimum absolute atomic E-state index is 0.0419. The highest BCUT2D eigenvalue weighted by atomic mass is 16.5. The van der Waals surface area contributed by atoms with Crippen LogP contribution in [0.3, 0.4) is 0 Å². The van der Waals surface area contributed by atoms with Gasteiger partial charge in [-0.05, 0) is 25.3 Å². The number of rotatable bonds is 4. The maximum absolute atomic E-state index is 9.32. The Balaban J connectivity index is 2.37. The first kappa shape index (κ1) is 13.0. The van der Waals surface area contributed by atoms with Crippen LogP contribution in [0.1, 0.15) is 24.8 Å². The second-order valence-corrected chi connectivity index (χ2v) is 4.54. The van der Waals surface area contributed by atoms with E-state index >= 15 is 0 Å². The minimum Gasteiger partial charge on any atom is -0.496 e. The summed E-state index contributed by atoms with van der Waals surface area (Å²) in [7, 11) is 3.29. The number of methoxy groups -OCH3 is 2. The predicted molar refractivity (Wildman–Crippen MR) is 71.5 cm³/mol. The van der Waals surface area contributed by atoms with Crippen LogP contribution in [0.2, 0.25) is 0 Å². The molecule has 0 saturated carbocycles. The number of hydrogen-bond acceptors (Lipinski definition) is 4. The lowest BCUT2D eigenvalue weighted by Crippen LogP contribution is -2.29. The average molecular weight is 251 g/mol. The van der Waals surface area contributed by atoms with Gasteiger partial charge in [-0.3, -0.25) is 0 Å². The molecule has 1 saturated heterocycles. The molecule has 4 heteroatoms. The Kier molecular flexibility index (Phi) is 4.31. The van der Waals surface area contributed by atoms with Crippen LogP contribution >= 0.6 is 0 Å². The van der Waals surface area contributed by atoms with E-state index in [1.165, 1.54) is 19.3 Å². The topological polar surface area (TPSA) is 41.9 Å². The monoisotopic (exact) mass is 251 g/mol. The van der Waals surface area contributed by atoms with Crippen LogP contribution in [0.4, 0.5) is 5.69 Å². The van der Waals surface area contributed by atoms with Crippen LogP contribution in [0.25, 0.3) is 0 Å². The summed E-state index contributed by atoms with van der Waals surface area (Å²) in [5, 5.41) is 9.32. The molecule has 0 atom stereocenters. The molecule has 2 rings (SSSR count). The second-order valence-electron chi connectivity index (χ2n) is 4.54. The number of nitrogens with zero attached hydrogens (tertiary/aromatic N) is 1. The van der Waals surface area contributed by atoms with Gasteiger partial charge in [0.2, 0.25) is 0 Å². The summed E-state index contributed by atoms with van der Waals surface area (Å²) >= 11 is 0. The van der Waals surface area contributed by atoms with Crippen molar-refractivity contribution >= 4 is 5.69 Å². The Hall–Kier alpha value is -1.42. The Labute approximate surface area is 108 Å². The molecule has 0 amide bonds. The average Bonchev–Trinajstić information content (AvgIpc) is 2.46. The van der Waals surface area contributed by atoms with E-state index in [-0.39, 0.29) is 6.61 Å². The SMILES string of the molecule is COc1cc(N2CCCCC2)c(OC)cc1CO. The van der Waals surface area contributed by atoms with Gasteiger partial charge in [-0.15, -0.1) is 0 Å². The van der Waals surface area contributed by atoms with Crippen LogP contribution < -0.4 is 14.4 Å². The largest absolute Gasteiger partial charge is 0.496 e. The van der Waals surface area contributed by atoms with Gasteiger partial charge in [0.05, 0.1) is 26.5 Å². The van der Waals surface area contributed by atoms with Gasteiger partial charge in [0.1, 0.15) is 11.5 Å². The van der Waals surface area contributed by atoms with E-state index in [9.17, 15) is 5.11 Å². The summed E-state index contributed by atoms with van der Waals surface area (Å²) in [6.07, 6.45) is 3.73. The molecular formula is C14H21NO3. The van der Waals surface area contributed by atoms with Crippen LogP contribution in [-0.4, -0.2) is 32.4 Å². The van der Waals surface area contributed by atoms with Gasteiger partial charge in [0, 0.05) is 24.7 Å². The molecule has 0 spiro atoms. The highest BCUT2D eigenvalue weighted by Crippen LogP contribution is 2.36. The molecule has 1 aromatic carbocycles. The van der Waals surface area contributed by atoms with Crippen molar-refractivity contribution in [3.63, 3.8) is 0 Å². The number of benzene rings is 1. The van der Waals surface area contributed by atoms with Crippen LogP contribution in [0.5, 0.6) is 11.5 Å². The molecule has 4 nitrogen and oxygen atoms in total. The standard InChI is InChI=1S/C14H21NO3/c1-17-13-9-12(15-6-4-3-5-7-15)14(18-2)8-11(13)10-16/h8-9,16H,3-7,10H2,1-2H3. The predicted octanol–water partition coefficient (Wildman–Crippen LogP) is 2.19. The molecule has 1 aromatic rings. The first-order valence-electron chi connectivity index (χ1n) is 6.41. The number of ether oxygens (including phenoxy) is 2. The smallest absolute Gasteiger partial charge is 0.142 e. The van der Waals surface area contributed by atoms with Gasteiger partial charge >= 0.3 is 0 Å². The molecule has 18 heavy (non-hydrogen) atoms. The normalized spacial score (nSPS) is 15.6. The van der Waals surface area contributed by atoms with E-state index in [0.29, 0.717) is 0 Å². The number of piperidine rings is 1. The van der Waals surface area contributed by atoms with E-state index in [2.05, 4.69) is 4.90 Å². The summed E-state index contributed by atoms with van der Waals surface area (Å²) in [6.45, 7) is 2.07. The van der Waals surface area contributed by atoms with Crippen molar-refractivity contribution in [1.82, 2.24) is 0 Å². The number of hydrogen-bond donors (Lipinski definition) is 1. The zero-order valence-corrected chi connectivity index (χ0v) is 11.1. The zero-order chi connectivity index (χ0) is 13.0. The summed E-state index contributed by atoms with van der Waals surface area (Å²) in [5.74, 6) is 1.53. The van der Waals surface area contributed by atoms with Gasteiger partial charge in [-0.1, -0.05) is 0 Å². The van der Waals surface area contributed by atoms with Crippen molar-refractivity contribution in [3.05, 3.63) is 17.7 Å². The van der Waals surface area contributed by atoms with Crippen molar-refractivity contribution < 1.29 is 14.6 Å². The molecule has 0 unspecified atom stereocenters. The second kappa shape index (κ2) is 5.96. The summed E-state index contributed by atoms with van der Waals surface area (Å²) in [5.41, 5.74) is 1.82. The summed E-state index contributed by atoms with van der Waals surface area (Å²) < 4.78 is 10.8.